The van der Waals surface area contributed by atoms with E-state index in [4.69, 9.17) is 4.74 Å². The van der Waals surface area contributed by atoms with Crippen LogP contribution in [-0.4, -0.2) is 17.4 Å². The summed E-state index contributed by atoms with van der Waals surface area (Å²) in [5, 5.41) is 0. The van der Waals surface area contributed by atoms with Crippen LogP contribution in [0, 0.1) is 40.9 Å². The second-order valence-corrected chi connectivity index (χ2v) is 10.2. The maximum atomic E-state index is 12.1. The van der Waals surface area contributed by atoms with Crippen LogP contribution in [0.3, 0.4) is 0 Å². The molecule has 0 amide bonds. The van der Waals surface area contributed by atoms with Crippen LogP contribution in [0.1, 0.15) is 58.3 Å². The van der Waals surface area contributed by atoms with Crippen molar-refractivity contribution in [2.45, 2.75) is 63.9 Å². The molecule has 138 valence electrons. The highest BCUT2D eigenvalue weighted by Crippen LogP contribution is 2.78. The van der Waals surface area contributed by atoms with Gasteiger partial charge in [0.15, 0.2) is 5.78 Å². The molecular formula is C23H28O3. The topological polar surface area (TPSA) is 43.4 Å². The Bertz CT molecular complexity index is 778. The molecule has 1 saturated heterocycles. The van der Waals surface area contributed by atoms with Gasteiger partial charge in [0, 0.05) is 24.2 Å². The van der Waals surface area contributed by atoms with Gasteiger partial charge >= 0.3 is 5.97 Å². The Hall–Kier alpha value is -1.38. The van der Waals surface area contributed by atoms with E-state index in [1.165, 1.54) is 30.4 Å². The summed E-state index contributed by atoms with van der Waals surface area (Å²) in [6.07, 6.45) is 9.91. The number of esters is 1. The van der Waals surface area contributed by atoms with E-state index < -0.39 is 0 Å². The van der Waals surface area contributed by atoms with Crippen molar-refractivity contribution in [3.8, 4) is 0 Å². The molecule has 4 saturated carbocycles. The van der Waals surface area contributed by atoms with Crippen LogP contribution in [0.4, 0.5) is 0 Å². The summed E-state index contributed by atoms with van der Waals surface area (Å²) >= 11 is 0. The van der Waals surface area contributed by atoms with Crippen LogP contribution in [0.5, 0.6) is 0 Å². The highest BCUT2D eigenvalue weighted by molar-refractivity contribution is 5.92. The van der Waals surface area contributed by atoms with Crippen molar-refractivity contribution < 1.29 is 14.3 Å². The first kappa shape index (κ1) is 15.7. The minimum absolute atomic E-state index is 0.0312. The van der Waals surface area contributed by atoms with Gasteiger partial charge in [0.2, 0.25) is 0 Å². The molecule has 1 spiro atoms. The molecule has 3 nitrogen and oxygen atoms in total. The third kappa shape index (κ3) is 1.67. The van der Waals surface area contributed by atoms with Gasteiger partial charge in [0.1, 0.15) is 5.60 Å². The number of carbonyl (C=O) groups excluding carboxylic acids is 2. The smallest absolute Gasteiger partial charge is 0.306 e. The van der Waals surface area contributed by atoms with Crippen molar-refractivity contribution in [3.63, 3.8) is 0 Å². The quantitative estimate of drug-likeness (QED) is 0.613. The number of ketones is 1. The van der Waals surface area contributed by atoms with Crippen LogP contribution in [0.15, 0.2) is 23.8 Å². The Morgan fingerprint density at radius 3 is 2.73 bits per heavy atom. The monoisotopic (exact) mass is 352 g/mol. The Balaban J connectivity index is 1.40. The van der Waals surface area contributed by atoms with Crippen molar-refractivity contribution in [2.75, 3.05) is 0 Å². The van der Waals surface area contributed by atoms with Gasteiger partial charge in [-0.3, -0.25) is 9.59 Å². The van der Waals surface area contributed by atoms with E-state index in [0.29, 0.717) is 42.4 Å². The van der Waals surface area contributed by atoms with Crippen LogP contribution >= 0.6 is 0 Å². The first-order valence-electron chi connectivity index (χ1n) is 10.6. The highest BCUT2D eigenvalue weighted by atomic mass is 16.6. The first-order chi connectivity index (χ1) is 12.4. The summed E-state index contributed by atoms with van der Waals surface area (Å²) in [4.78, 5) is 24.0. The molecule has 0 radical (unpaired) electrons. The molecule has 0 aromatic carbocycles. The van der Waals surface area contributed by atoms with Crippen molar-refractivity contribution >= 4 is 11.8 Å². The number of hydrogen-bond acceptors (Lipinski definition) is 3. The number of allylic oxidation sites excluding steroid dienone is 2. The Morgan fingerprint density at radius 2 is 1.96 bits per heavy atom. The first-order valence-corrected chi connectivity index (χ1v) is 10.6. The molecule has 6 aliphatic rings. The molecule has 0 aromatic rings. The minimum atomic E-state index is -0.162. The summed E-state index contributed by atoms with van der Waals surface area (Å²) < 4.78 is 6.15. The van der Waals surface area contributed by atoms with E-state index in [-0.39, 0.29) is 22.8 Å². The largest absolute Gasteiger partial charge is 0.458 e. The second-order valence-electron chi connectivity index (χ2n) is 10.2. The molecule has 3 heteroatoms. The molecule has 0 aromatic heterocycles. The maximum Gasteiger partial charge on any atom is 0.306 e. The zero-order valence-electron chi connectivity index (χ0n) is 15.6. The highest BCUT2D eigenvalue weighted by Gasteiger charge is 2.78. The van der Waals surface area contributed by atoms with Gasteiger partial charge in [-0.2, -0.15) is 0 Å². The number of rotatable bonds is 0. The van der Waals surface area contributed by atoms with E-state index in [2.05, 4.69) is 13.5 Å². The summed E-state index contributed by atoms with van der Waals surface area (Å²) in [5.41, 5.74) is 2.48. The molecule has 6 rings (SSSR count). The van der Waals surface area contributed by atoms with E-state index in [9.17, 15) is 9.59 Å². The van der Waals surface area contributed by atoms with Gasteiger partial charge in [0.25, 0.3) is 0 Å². The number of hydrogen-bond donors (Lipinski definition) is 0. The SMILES string of the molecule is C=C1CC2C(CC[C@@]3(C)C2[C@H]2C[C@H]2[C@@]32CCC(=O)O2)[C@H]2CCC(=O)C=C12. The van der Waals surface area contributed by atoms with Crippen molar-refractivity contribution in [1.82, 2.24) is 0 Å². The standard InChI is InChI=1S/C23H28O3/c1-12-9-17-15(14-4-3-13(24)10-16(12)14)5-7-22(2)21(17)18-11-19(18)23(22)8-6-20(25)26-23/h10,14-15,17-19,21H,1,3-9,11H2,2H3/t14-,15?,17?,18+,19-,21?,22+,23+/m1/s1. The third-order valence-corrected chi connectivity index (χ3v) is 9.43. The maximum absolute atomic E-state index is 12.1. The lowest BCUT2D eigenvalue weighted by Crippen LogP contribution is -2.55. The van der Waals surface area contributed by atoms with E-state index in [1.807, 2.05) is 6.08 Å². The molecule has 1 aliphatic heterocycles. The van der Waals surface area contributed by atoms with Gasteiger partial charge in [0.05, 0.1) is 0 Å². The molecule has 8 atom stereocenters. The molecule has 0 N–H and O–H groups in total. The Morgan fingerprint density at radius 1 is 1.12 bits per heavy atom. The lowest BCUT2D eigenvalue weighted by atomic mass is 9.48. The Kier molecular flexibility index (Phi) is 2.84. The number of fused-ring (bicyclic) bond motifs is 9. The second kappa shape index (κ2) is 4.72. The van der Waals surface area contributed by atoms with Crippen LogP contribution < -0.4 is 0 Å². The lowest BCUT2D eigenvalue weighted by molar-refractivity contribution is -0.173. The molecule has 5 aliphatic carbocycles. The van der Waals surface area contributed by atoms with Crippen LogP contribution in [-0.2, 0) is 14.3 Å². The zero-order valence-corrected chi connectivity index (χ0v) is 15.6. The predicted octanol–water partition coefficient (Wildman–Crippen LogP) is 4.23. The van der Waals surface area contributed by atoms with Crippen molar-refractivity contribution in [3.05, 3.63) is 23.8 Å². The fourth-order valence-electron chi connectivity index (χ4n) is 8.49. The van der Waals surface area contributed by atoms with E-state index in [1.54, 1.807) is 0 Å². The van der Waals surface area contributed by atoms with E-state index in [0.717, 1.165) is 25.2 Å². The summed E-state index contributed by atoms with van der Waals surface area (Å²) in [6.45, 7) is 6.84. The lowest BCUT2D eigenvalue weighted by Gasteiger charge is -2.57. The predicted molar refractivity (Wildman–Crippen MR) is 97.0 cm³/mol. The van der Waals surface area contributed by atoms with Gasteiger partial charge in [-0.25, -0.2) is 0 Å². The molecule has 3 unspecified atom stereocenters. The van der Waals surface area contributed by atoms with Gasteiger partial charge in [-0.1, -0.05) is 19.1 Å². The van der Waals surface area contributed by atoms with Crippen molar-refractivity contribution in [2.24, 2.45) is 40.9 Å². The molecule has 5 fully saturated rings. The average Bonchev–Trinajstić information content (AvgIpc) is 3.24. The molecule has 26 heavy (non-hydrogen) atoms. The summed E-state index contributed by atoms with van der Waals surface area (Å²) in [7, 11) is 0. The van der Waals surface area contributed by atoms with Gasteiger partial charge in [-0.05, 0) is 79.8 Å². The fourth-order valence-corrected chi connectivity index (χ4v) is 8.49. The molecular weight excluding hydrogens is 324 g/mol. The van der Waals surface area contributed by atoms with Crippen LogP contribution in [0.2, 0.25) is 0 Å². The zero-order chi connectivity index (χ0) is 17.8. The fraction of sp³-hybridized carbons (Fsp3) is 0.739. The number of ether oxygens (including phenoxy) is 1. The normalized spacial score (nSPS) is 54.2. The molecule has 0 bridgehead atoms. The summed E-state index contributed by atoms with van der Waals surface area (Å²) in [6, 6.07) is 0. The van der Waals surface area contributed by atoms with E-state index >= 15 is 0 Å². The summed E-state index contributed by atoms with van der Waals surface area (Å²) in [5.74, 6) is 4.27. The molecule has 1 heterocycles. The van der Waals surface area contributed by atoms with Crippen molar-refractivity contribution in [1.29, 1.82) is 0 Å². The van der Waals surface area contributed by atoms with Gasteiger partial charge in [-0.15, -0.1) is 0 Å². The van der Waals surface area contributed by atoms with Gasteiger partial charge < -0.3 is 4.74 Å². The Labute approximate surface area is 155 Å². The van der Waals surface area contributed by atoms with Crippen LogP contribution in [0.25, 0.3) is 0 Å². The average molecular weight is 352 g/mol. The third-order valence-electron chi connectivity index (χ3n) is 9.43. The number of carbonyl (C=O) groups is 2. The minimum Gasteiger partial charge on any atom is -0.458 e.